The molecule has 0 bridgehead atoms. The first-order valence-electron chi connectivity index (χ1n) is 7.23. The lowest BCUT2D eigenvalue weighted by Crippen LogP contribution is -2.51. The van der Waals surface area contributed by atoms with Crippen LogP contribution in [0.5, 0.6) is 28.7 Å². The molecule has 0 radical (unpaired) electrons. The van der Waals surface area contributed by atoms with Crippen molar-refractivity contribution in [1.29, 1.82) is 0 Å². The van der Waals surface area contributed by atoms with E-state index in [9.17, 15) is 25.2 Å². The Morgan fingerprint density at radius 1 is 1.08 bits per heavy atom. The van der Waals surface area contributed by atoms with E-state index in [1.807, 2.05) is 0 Å². The van der Waals surface area contributed by atoms with E-state index in [0.717, 1.165) is 19.2 Å². The number of rotatable bonds is 3. The SMILES string of the molecule is COc1cc(C2Oc3cc(O)cc(O)c3C(=O)C2(O)OC)ccc1O. The number of Topliss-reactive ketones (excluding diaryl/α,β-unsaturated/α-hetero) is 1. The summed E-state index contributed by atoms with van der Waals surface area (Å²) in [5, 5.41) is 40.0. The van der Waals surface area contributed by atoms with Gasteiger partial charge in [-0.1, -0.05) is 6.07 Å². The summed E-state index contributed by atoms with van der Waals surface area (Å²) in [5.41, 5.74) is -0.0232. The van der Waals surface area contributed by atoms with E-state index >= 15 is 0 Å². The Kier molecular flexibility index (Phi) is 3.94. The highest BCUT2D eigenvalue weighted by Crippen LogP contribution is 2.47. The van der Waals surface area contributed by atoms with Gasteiger partial charge >= 0.3 is 0 Å². The number of benzene rings is 2. The van der Waals surface area contributed by atoms with Gasteiger partial charge in [0.15, 0.2) is 17.6 Å². The zero-order valence-corrected chi connectivity index (χ0v) is 13.4. The fourth-order valence-corrected chi connectivity index (χ4v) is 2.76. The van der Waals surface area contributed by atoms with Gasteiger partial charge < -0.3 is 34.6 Å². The quantitative estimate of drug-likeness (QED) is 0.614. The highest BCUT2D eigenvalue weighted by molar-refractivity contribution is 6.07. The highest BCUT2D eigenvalue weighted by atomic mass is 16.7. The molecule has 0 saturated heterocycles. The average molecular weight is 348 g/mol. The van der Waals surface area contributed by atoms with Gasteiger partial charge in [0.2, 0.25) is 5.78 Å². The van der Waals surface area contributed by atoms with Crippen molar-refractivity contribution < 1.29 is 39.4 Å². The molecular formula is C17H16O8. The Hall–Kier alpha value is -2.97. The van der Waals surface area contributed by atoms with Crippen LogP contribution in [0, 0.1) is 0 Å². The number of phenols is 3. The number of carbonyl (C=O) groups is 1. The van der Waals surface area contributed by atoms with E-state index in [4.69, 9.17) is 14.2 Å². The molecule has 0 saturated carbocycles. The normalized spacial score (nSPS) is 22.2. The predicted molar refractivity (Wildman–Crippen MR) is 84.1 cm³/mol. The maximum Gasteiger partial charge on any atom is 0.274 e. The van der Waals surface area contributed by atoms with E-state index in [2.05, 4.69) is 0 Å². The minimum absolute atomic E-state index is 0.108. The first-order valence-corrected chi connectivity index (χ1v) is 7.23. The second-order valence-electron chi connectivity index (χ2n) is 5.50. The molecule has 2 aromatic carbocycles. The Morgan fingerprint density at radius 2 is 1.80 bits per heavy atom. The third kappa shape index (κ3) is 2.51. The van der Waals surface area contributed by atoms with Crippen LogP contribution < -0.4 is 9.47 Å². The van der Waals surface area contributed by atoms with Gasteiger partial charge in [-0.25, -0.2) is 0 Å². The molecule has 8 heteroatoms. The van der Waals surface area contributed by atoms with E-state index in [-0.39, 0.29) is 34.1 Å². The van der Waals surface area contributed by atoms with Crippen LogP contribution in [0.15, 0.2) is 30.3 Å². The molecule has 0 spiro atoms. The molecule has 0 amide bonds. The van der Waals surface area contributed by atoms with Crippen molar-refractivity contribution in [2.75, 3.05) is 14.2 Å². The number of aromatic hydroxyl groups is 3. The lowest BCUT2D eigenvalue weighted by Gasteiger charge is -2.38. The summed E-state index contributed by atoms with van der Waals surface area (Å²) in [7, 11) is 2.47. The molecule has 1 aliphatic rings. The number of hydrogen-bond donors (Lipinski definition) is 4. The molecule has 2 aromatic rings. The number of carbonyl (C=O) groups excluding carboxylic acids is 1. The third-order valence-corrected chi connectivity index (χ3v) is 4.04. The maximum absolute atomic E-state index is 12.7. The zero-order chi connectivity index (χ0) is 18.4. The molecule has 4 N–H and O–H groups in total. The number of phenolic OH excluding ortho intramolecular Hbond substituents is 3. The smallest absolute Gasteiger partial charge is 0.274 e. The summed E-state index contributed by atoms with van der Waals surface area (Å²) in [5.74, 6) is -4.34. The summed E-state index contributed by atoms with van der Waals surface area (Å²) in [6.07, 6.45) is -1.33. The summed E-state index contributed by atoms with van der Waals surface area (Å²) in [6.45, 7) is 0. The van der Waals surface area contributed by atoms with Gasteiger partial charge in [0.1, 0.15) is 22.8 Å². The standard InChI is InChI=1S/C17H16O8/c1-23-12-5-8(3-4-10(12)19)16-17(22,24-2)15(21)14-11(20)6-9(18)7-13(14)25-16/h3-7,16,18-20,22H,1-2H3. The van der Waals surface area contributed by atoms with Crippen molar-refractivity contribution >= 4 is 5.78 Å². The fourth-order valence-electron chi connectivity index (χ4n) is 2.76. The molecule has 0 aromatic heterocycles. The van der Waals surface area contributed by atoms with E-state index in [1.165, 1.54) is 25.3 Å². The van der Waals surface area contributed by atoms with Crippen LogP contribution in [0.1, 0.15) is 22.0 Å². The highest BCUT2D eigenvalue weighted by Gasteiger charge is 2.53. The van der Waals surface area contributed by atoms with Crippen LogP contribution >= 0.6 is 0 Å². The van der Waals surface area contributed by atoms with Crippen molar-refractivity contribution in [2.24, 2.45) is 0 Å². The lowest BCUT2D eigenvalue weighted by atomic mass is 9.89. The summed E-state index contributed by atoms with van der Waals surface area (Å²) >= 11 is 0. The second-order valence-corrected chi connectivity index (χ2v) is 5.50. The van der Waals surface area contributed by atoms with Crippen LogP contribution in [0.4, 0.5) is 0 Å². The monoisotopic (exact) mass is 348 g/mol. The minimum Gasteiger partial charge on any atom is -0.508 e. The van der Waals surface area contributed by atoms with Gasteiger partial charge in [0.05, 0.1) is 7.11 Å². The average Bonchev–Trinajstić information content (AvgIpc) is 2.58. The molecule has 8 nitrogen and oxygen atoms in total. The maximum atomic E-state index is 12.7. The molecule has 25 heavy (non-hydrogen) atoms. The van der Waals surface area contributed by atoms with Crippen molar-refractivity contribution in [3.05, 3.63) is 41.5 Å². The molecule has 1 heterocycles. The number of fused-ring (bicyclic) bond motifs is 1. The number of ketones is 1. The molecule has 0 fully saturated rings. The van der Waals surface area contributed by atoms with Gasteiger partial charge in [0, 0.05) is 24.8 Å². The summed E-state index contributed by atoms with van der Waals surface area (Å²) in [4.78, 5) is 12.7. The second kappa shape index (κ2) is 5.83. The first-order chi connectivity index (χ1) is 11.8. The molecule has 2 unspecified atom stereocenters. The van der Waals surface area contributed by atoms with E-state index in [1.54, 1.807) is 0 Å². The predicted octanol–water partition coefficient (Wildman–Crippen LogP) is 1.46. The van der Waals surface area contributed by atoms with Crippen molar-refractivity contribution in [2.45, 2.75) is 11.9 Å². The van der Waals surface area contributed by atoms with Crippen molar-refractivity contribution in [3.63, 3.8) is 0 Å². The number of aliphatic hydroxyl groups is 1. The molecule has 2 atom stereocenters. The summed E-state index contributed by atoms with van der Waals surface area (Å²) < 4.78 is 15.7. The van der Waals surface area contributed by atoms with Crippen molar-refractivity contribution in [1.82, 2.24) is 0 Å². The van der Waals surface area contributed by atoms with Gasteiger partial charge in [-0.2, -0.15) is 0 Å². The number of hydrogen-bond acceptors (Lipinski definition) is 8. The third-order valence-electron chi connectivity index (χ3n) is 4.04. The van der Waals surface area contributed by atoms with Crippen LogP contribution in [-0.2, 0) is 4.74 Å². The number of methoxy groups -OCH3 is 2. The van der Waals surface area contributed by atoms with Crippen molar-refractivity contribution in [3.8, 4) is 28.7 Å². The Bertz CT molecular complexity index is 847. The minimum atomic E-state index is -2.43. The Balaban J connectivity index is 2.18. The Labute approximate surface area is 142 Å². The molecule has 0 aliphatic carbocycles. The van der Waals surface area contributed by atoms with Gasteiger partial charge in [-0.3, -0.25) is 4.79 Å². The van der Waals surface area contributed by atoms with Crippen LogP contribution in [0.3, 0.4) is 0 Å². The molecular weight excluding hydrogens is 332 g/mol. The number of ether oxygens (including phenoxy) is 3. The topological polar surface area (TPSA) is 126 Å². The van der Waals surface area contributed by atoms with Crippen LogP contribution in [0.2, 0.25) is 0 Å². The summed E-state index contributed by atoms with van der Waals surface area (Å²) in [6, 6.07) is 6.22. The fraction of sp³-hybridized carbons (Fsp3) is 0.235. The zero-order valence-electron chi connectivity index (χ0n) is 13.4. The Morgan fingerprint density at radius 3 is 2.44 bits per heavy atom. The van der Waals surface area contributed by atoms with E-state index in [0.29, 0.717) is 0 Å². The molecule has 1 aliphatic heterocycles. The van der Waals surface area contributed by atoms with Crippen LogP contribution in [0.25, 0.3) is 0 Å². The lowest BCUT2D eigenvalue weighted by molar-refractivity contribution is -0.205. The van der Waals surface area contributed by atoms with E-state index < -0.39 is 23.4 Å². The molecule has 132 valence electrons. The van der Waals surface area contributed by atoms with Gasteiger partial charge in [-0.05, 0) is 12.1 Å². The van der Waals surface area contributed by atoms with Gasteiger partial charge in [0.25, 0.3) is 5.79 Å². The largest absolute Gasteiger partial charge is 0.508 e. The van der Waals surface area contributed by atoms with Gasteiger partial charge in [-0.15, -0.1) is 0 Å². The molecule has 3 rings (SSSR count). The first kappa shape index (κ1) is 16.9. The van der Waals surface area contributed by atoms with Crippen LogP contribution in [-0.4, -0.2) is 46.2 Å².